The molecule has 2 N–H and O–H groups in total. The van der Waals surface area contributed by atoms with Gasteiger partial charge in [-0.2, -0.15) is 0 Å². The van der Waals surface area contributed by atoms with Gasteiger partial charge in [0, 0.05) is 18.4 Å². The van der Waals surface area contributed by atoms with Crippen molar-refractivity contribution in [1.29, 1.82) is 0 Å². The number of nitrogens with zero attached hydrogens (tertiary/aromatic N) is 1. The van der Waals surface area contributed by atoms with Crippen LogP contribution in [0.3, 0.4) is 0 Å². The Bertz CT molecular complexity index is 577. The fourth-order valence-electron chi connectivity index (χ4n) is 2.14. The summed E-state index contributed by atoms with van der Waals surface area (Å²) < 4.78 is 5.69. The minimum atomic E-state index is -0.154. The number of carbonyl (C=O) groups is 1. The van der Waals surface area contributed by atoms with Gasteiger partial charge in [-0.1, -0.05) is 37.3 Å². The SMILES string of the molecule is CCC(CO)NC(=O)CCCc1ncc(-c2ccccc2)o1. The van der Waals surface area contributed by atoms with E-state index >= 15 is 0 Å². The Kier molecular flexibility index (Phi) is 6.15. The number of carbonyl (C=O) groups excluding carboxylic acids is 1. The second-order valence-corrected chi connectivity index (χ2v) is 5.19. The van der Waals surface area contributed by atoms with Crippen LogP contribution in [0.1, 0.15) is 32.1 Å². The number of hydrogen-bond acceptors (Lipinski definition) is 4. The number of aliphatic hydroxyl groups excluding tert-OH is 1. The molecule has 1 aromatic heterocycles. The second kappa shape index (κ2) is 8.34. The summed E-state index contributed by atoms with van der Waals surface area (Å²) in [6.07, 6.45) is 4.13. The van der Waals surface area contributed by atoms with E-state index in [-0.39, 0.29) is 18.6 Å². The molecule has 0 saturated heterocycles. The van der Waals surface area contributed by atoms with Crippen LogP contribution in [0, 0.1) is 0 Å². The standard InChI is InChI=1S/C17H22N2O3/c1-2-14(12-20)19-16(21)9-6-10-17-18-11-15(22-17)13-7-4-3-5-8-13/h3-5,7-8,11,14,20H,2,6,9-10,12H2,1H3,(H,19,21). The molecule has 1 amide bonds. The maximum atomic E-state index is 11.7. The maximum Gasteiger partial charge on any atom is 0.220 e. The smallest absolute Gasteiger partial charge is 0.220 e. The van der Waals surface area contributed by atoms with E-state index in [1.807, 2.05) is 37.3 Å². The molecule has 0 aliphatic heterocycles. The highest BCUT2D eigenvalue weighted by atomic mass is 16.4. The molecule has 0 bridgehead atoms. The predicted octanol–water partition coefficient (Wildman–Crippen LogP) is 2.55. The van der Waals surface area contributed by atoms with Gasteiger partial charge in [-0.15, -0.1) is 0 Å². The summed E-state index contributed by atoms with van der Waals surface area (Å²) >= 11 is 0. The van der Waals surface area contributed by atoms with Gasteiger partial charge in [0.05, 0.1) is 18.8 Å². The molecule has 1 aromatic carbocycles. The Hall–Kier alpha value is -2.14. The molecule has 118 valence electrons. The summed E-state index contributed by atoms with van der Waals surface area (Å²) in [5.41, 5.74) is 0.993. The lowest BCUT2D eigenvalue weighted by Crippen LogP contribution is -2.36. The van der Waals surface area contributed by atoms with E-state index in [0.29, 0.717) is 25.2 Å². The average Bonchev–Trinajstić information content (AvgIpc) is 3.02. The Balaban J connectivity index is 1.78. The van der Waals surface area contributed by atoms with Crippen LogP contribution in [0.5, 0.6) is 0 Å². The summed E-state index contributed by atoms with van der Waals surface area (Å²) in [6.45, 7) is 1.90. The number of amides is 1. The monoisotopic (exact) mass is 302 g/mol. The molecule has 2 rings (SSSR count). The highest BCUT2D eigenvalue weighted by molar-refractivity contribution is 5.76. The van der Waals surface area contributed by atoms with E-state index in [4.69, 9.17) is 9.52 Å². The lowest BCUT2D eigenvalue weighted by molar-refractivity contribution is -0.122. The fourth-order valence-corrected chi connectivity index (χ4v) is 2.14. The molecule has 0 aliphatic carbocycles. The Morgan fingerprint density at radius 1 is 1.36 bits per heavy atom. The fraction of sp³-hybridized carbons (Fsp3) is 0.412. The van der Waals surface area contributed by atoms with Gasteiger partial charge in [0.15, 0.2) is 11.7 Å². The van der Waals surface area contributed by atoms with Gasteiger partial charge in [-0.05, 0) is 12.8 Å². The summed E-state index contributed by atoms with van der Waals surface area (Å²) in [4.78, 5) is 16.0. The molecule has 0 radical (unpaired) electrons. The van der Waals surface area contributed by atoms with Crippen molar-refractivity contribution in [3.05, 3.63) is 42.4 Å². The van der Waals surface area contributed by atoms with Gasteiger partial charge < -0.3 is 14.8 Å². The summed E-state index contributed by atoms with van der Waals surface area (Å²) in [5, 5.41) is 11.8. The van der Waals surface area contributed by atoms with Crippen molar-refractivity contribution in [3.8, 4) is 11.3 Å². The largest absolute Gasteiger partial charge is 0.441 e. The average molecular weight is 302 g/mol. The van der Waals surface area contributed by atoms with E-state index in [1.165, 1.54) is 0 Å². The van der Waals surface area contributed by atoms with Gasteiger partial charge in [0.25, 0.3) is 0 Å². The van der Waals surface area contributed by atoms with Crippen molar-refractivity contribution in [2.45, 2.75) is 38.6 Å². The van der Waals surface area contributed by atoms with Crippen LogP contribution in [0.4, 0.5) is 0 Å². The number of benzene rings is 1. The van der Waals surface area contributed by atoms with Gasteiger partial charge >= 0.3 is 0 Å². The van der Waals surface area contributed by atoms with Crippen LogP contribution in [0.25, 0.3) is 11.3 Å². The van der Waals surface area contributed by atoms with E-state index in [9.17, 15) is 4.79 Å². The number of rotatable bonds is 8. The molecule has 22 heavy (non-hydrogen) atoms. The quantitative estimate of drug-likeness (QED) is 0.786. The lowest BCUT2D eigenvalue weighted by atomic mass is 10.2. The molecule has 1 heterocycles. The number of oxazole rings is 1. The normalized spacial score (nSPS) is 12.1. The molecule has 1 atom stereocenters. The van der Waals surface area contributed by atoms with E-state index in [2.05, 4.69) is 10.3 Å². The van der Waals surface area contributed by atoms with Crippen molar-refractivity contribution < 1.29 is 14.3 Å². The molecular weight excluding hydrogens is 280 g/mol. The van der Waals surface area contributed by atoms with E-state index < -0.39 is 0 Å². The molecule has 5 heteroatoms. The first-order chi connectivity index (χ1) is 10.7. The summed E-state index contributed by atoms with van der Waals surface area (Å²) in [6, 6.07) is 9.64. The summed E-state index contributed by atoms with van der Waals surface area (Å²) in [5.74, 6) is 1.34. The zero-order valence-electron chi connectivity index (χ0n) is 12.8. The van der Waals surface area contributed by atoms with Crippen LogP contribution in [-0.2, 0) is 11.2 Å². The molecule has 5 nitrogen and oxygen atoms in total. The molecule has 0 spiro atoms. The minimum absolute atomic E-state index is 0.0254. The lowest BCUT2D eigenvalue weighted by Gasteiger charge is -2.13. The van der Waals surface area contributed by atoms with Crippen LogP contribution >= 0.6 is 0 Å². The third kappa shape index (κ3) is 4.70. The van der Waals surface area contributed by atoms with Crippen molar-refractivity contribution in [3.63, 3.8) is 0 Å². The molecule has 1 unspecified atom stereocenters. The Morgan fingerprint density at radius 2 is 2.14 bits per heavy atom. The topological polar surface area (TPSA) is 75.4 Å². The number of nitrogens with one attached hydrogen (secondary N) is 1. The second-order valence-electron chi connectivity index (χ2n) is 5.19. The molecular formula is C17H22N2O3. The number of hydrogen-bond donors (Lipinski definition) is 2. The van der Waals surface area contributed by atoms with Crippen LogP contribution in [0.2, 0.25) is 0 Å². The van der Waals surface area contributed by atoms with Crippen LogP contribution in [0.15, 0.2) is 40.9 Å². The van der Waals surface area contributed by atoms with Crippen molar-refractivity contribution in [1.82, 2.24) is 10.3 Å². The minimum Gasteiger partial charge on any atom is -0.441 e. The first-order valence-corrected chi connectivity index (χ1v) is 7.63. The molecule has 2 aromatic rings. The first-order valence-electron chi connectivity index (χ1n) is 7.63. The van der Waals surface area contributed by atoms with Crippen LogP contribution < -0.4 is 5.32 Å². The van der Waals surface area contributed by atoms with E-state index in [1.54, 1.807) is 6.20 Å². The Labute approximate surface area is 130 Å². The highest BCUT2D eigenvalue weighted by Crippen LogP contribution is 2.20. The van der Waals surface area contributed by atoms with Gasteiger partial charge in [0.1, 0.15) is 0 Å². The first kappa shape index (κ1) is 16.2. The van der Waals surface area contributed by atoms with E-state index in [0.717, 1.165) is 17.7 Å². The van der Waals surface area contributed by atoms with Crippen molar-refractivity contribution in [2.75, 3.05) is 6.61 Å². The highest BCUT2D eigenvalue weighted by Gasteiger charge is 2.10. The number of aliphatic hydroxyl groups is 1. The third-order valence-corrected chi connectivity index (χ3v) is 3.48. The van der Waals surface area contributed by atoms with Crippen molar-refractivity contribution >= 4 is 5.91 Å². The third-order valence-electron chi connectivity index (χ3n) is 3.48. The maximum absolute atomic E-state index is 11.7. The molecule has 0 aliphatic rings. The summed E-state index contributed by atoms with van der Waals surface area (Å²) in [7, 11) is 0. The van der Waals surface area contributed by atoms with Crippen molar-refractivity contribution in [2.24, 2.45) is 0 Å². The zero-order chi connectivity index (χ0) is 15.8. The van der Waals surface area contributed by atoms with Gasteiger partial charge in [-0.25, -0.2) is 4.98 Å². The zero-order valence-corrected chi connectivity index (χ0v) is 12.8. The van der Waals surface area contributed by atoms with Gasteiger partial charge in [0.2, 0.25) is 5.91 Å². The molecule has 0 saturated carbocycles. The van der Waals surface area contributed by atoms with Crippen LogP contribution in [-0.4, -0.2) is 28.6 Å². The Morgan fingerprint density at radius 3 is 2.82 bits per heavy atom. The number of aryl methyl sites for hydroxylation is 1. The molecule has 0 fully saturated rings. The van der Waals surface area contributed by atoms with Gasteiger partial charge in [-0.3, -0.25) is 4.79 Å². The predicted molar refractivity (Wildman–Crippen MR) is 84.2 cm³/mol. The number of aromatic nitrogens is 1.